The van der Waals surface area contributed by atoms with Gasteiger partial charge in [0, 0.05) is 11.2 Å². The predicted molar refractivity (Wildman–Crippen MR) is 83.6 cm³/mol. The van der Waals surface area contributed by atoms with E-state index in [9.17, 15) is 4.79 Å². The molecule has 0 aliphatic rings. The first-order chi connectivity index (χ1) is 10.7. The van der Waals surface area contributed by atoms with Gasteiger partial charge in [-0.15, -0.1) is 10.2 Å². The molecule has 4 aromatic rings. The van der Waals surface area contributed by atoms with E-state index in [0.717, 1.165) is 5.52 Å². The number of halogens is 1. The summed E-state index contributed by atoms with van der Waals surface area (Å²) in [4.78, 5) is 16.9. The van der Waals surface area contributed by atoms with Crippen LogP contribution in [-0.2, 0) is 0 Å². The summed E-state index contributed by atoms with van der Waals surface area (Å²) in [5.41, 5.74) is 2.16. The zero-order valence-corrected chi connectivity index (χ0v) is 12.3. The maximum Gasteiger partial charge on any atom is 0.301 e. The standard InChI is InChI=1S/C15H10ClN5O/c1-9-18-19-14-15(22)21(11-3-2-6-17-8-11)13-7-10(16)4-5-12(13)20(9)14/h2-8H,1H3. The van der Waals surface area contributed by atoms with Crippen LogP contribution < -0.4 is 5.56 Å². The highest BCUT2D eigenvalue weighted by atomic mass is 35.5. The molecule has 0 aliphatic carbocycles. The Kier molecular flexibility index (Phi) is 2.74. The van der Waals surface area contributed by atoms with E-state index >= 15 is 0 Å². The molecule has 3 aromatic heterocycles. The minimum atomic E-state index is -0.261. The highest BCUT2D eigenvalue weighted by Crippen LogP contribution is 2.22. The molecule has 0 saturated heterocycles. The first kappa shape index (κ1) is 13.0. The summed E-state index contributed by atoms with van der Waals surface area (Å²) in [5.74, 6) is 0.651. The Labute approximate surface area is 129 Å². The minimum Gasteiger partial charge on any atom is -0.273 e. The second-order valence-corrected chi connectivity index (χ2v) is 5.33. The molecule has 3 heterocycles. The zero-order valence-electron chi connectivity index (χ0n) is 11.6. The molecule has 0 aliphatic heterocycles. The van der Waals surface area contributed by atoms with Crippen molar-refractivity contribution in [3.05, 3.63) is 63.9 Å². The molecule has 0 fully saturated rings. The second-order valence-electron chi connectivity index (χ2n) is 4.89. The molecule has 22 heavy (non-hydrogen) atoms. The summed E-state index contributed by atoms with van der Waals surface area (Å²) < 4.78 is 3.29. The molecule has 4 rings (SSSR count). The predicted octanol–water partition coefficient (Wildman–Crippen LogP) is 2.39. The molecule has 0 atom stereocenters. The van der Waals surface area contributed by atoms with Crippen LogP contribution in [0.3, 0.4) is 0 Å². The number of fused-ring (bicyclic) bond motifs is 3. The van der Waals surface area contributed by atoms with Gasteiger partial charge in [0.2, 0.25) is 5.65 Å². The molecule has 0 spiro atoms. The van der Waals surface area contributed by atoms with Crippen molar-refractivity contribution in [2.24, 2.45) is 0 Å². The van der Waals surface area contributed by atoms with Crippen molar-refractivity contribution >= 4 is 28.3 Å². The van der Waals surface area contributed by atoms with E-state index < -0.39 is 0 Å². The Morgan fingerprint density at radius 2 is 2.00 bits per heavy atom. The van der Waals surface area contributed by atoms with Gasteiger partial charge in [-0.05, 0) is 37.3 Å². The summed E-state index contributed by atoms with van der Waals surface area (Å²) in [6.45, 7) is 1.81. The van der Waals surface area contributed by atoms with E-state index in [0.29, 0.717) is 22.1 Å². The highest BCUT2D eigenvalue weighted by Gasteiger charge is 2.16. The highest BCUT2D eigenvalue weighted by molar-refractivity contribution is 6.31. The number of rotatable bonds is 1. The van der Waals surface area contributed by atoms with Crippen LogP contribution >= 0.6 is 11.6 Å². The van der Waals surface area contributed by atoms with E-state index in [-0.39, 0.29) is 11.2 Å². The maximum absolute atomic E-state index is 12.8. The van der Waals surface area contributed by atoms with Crippen LogP contribution in [-0.4, -0.2) is 24.1 Å². The summed E-state index contributed by atoms with van der Waals surface area (Å²) >= 11 is 6.12. The number of nitrogens with zero attached hydrogens (tertiary/aromatic N) is 5. The average molecular weight is 312 g/mol. The number of hydrogen-bond donors (Lipinski definition) is 0. The number of benzene rings is 1. The molecule has 0 radical (unpaired) electrons. The number of pyridine rings is 1. The van der Waals surface area contributed by atoms with Crippen LogP contribution in [0.4, 0.5) is 0 Å². The first-order valence-electron chi connectivity index (χ1n) is 6.63. The monoisotopic (exact) mass is 311 g/mol. The smallest absolute Gasteiger partial charge is 0.273 e. The Bertz CT molecular complexity index is 1070. The summed E-state index contributed by atoms with van der Waals surface area (Å²) in [6.07, 6.45) is 3.28. The van der Waals surface area contributed by atoms with E-state index in [1.54, 1.807) is 39.6 Å². The van der Waals surface area contributed by atoms with Crippen molar-refractivity contribution in [3.8, 4) is 5.69 Å². The molecule has 108 valence electrons. The van der Waals surface area contributed by atoms with Crippen molar-refractivity contribution < 1.29 is 0 Å². The van der Waals surface area contributed by atoms with Gasteiger partial charge in [-0.25, -0.2) is 0 Å². The molecule has 0 saturated carbocycles. The van der Waals surface area contributed by atoms with E-state index in [2.05, 4.69) is 15.2 Å². The fraction of sp³-hybridized carbons (Fsp3) is 0.0667. The van der Waals surface area contributed by atoms with Gasteiger partial charge in [0.1, 0.15) is 5.82 Å². The Morgan fingerprint density at radius 1 is 1.14 bits per heavy atom. The fourth-order valence-electron chi connectivity index (χ4n) is 2.61. The van der Waals surface area contributed by atoms with Gasteiger partial charge >= 0.3 is 5.56 Å². The summed E-state index contributed by atoms with van der Waals surface area (Å²) in [6, 6.07) is 8.98. The molecular formula is C15H10ClN5O. The number of aryl methyl sites for hydroxylation is 1. The van der Waals surface area contributed by atoms with Crippen LogP contribution in [0.15, 0.2) is 47.5 Å². The maximum atomic E-state index is 12.8. The third-order valence-corrected chi connectivity index (χ3v) is 3.78. The zero-order chi connectivity index (χ0) is 15.3. The van der Waals surface area contributed by atoms with Crippen LogP contribution in [0.5, 0.6) is 0 Å². The van der Waals surface area contributed by atoms with Crippen molar-refractivity contribution in [2.45, 2.75) is 6.92 Å². The molecule has 0 bridgehead atoms. The van der Waals surface area contributed by atoms with E-state index in [1.807, 2.05) is 19.1 Å². The third kappa shape index (κ3) is 1.74. The number of aromatic nitrogens is 5. The normalized spacial score (nSPS) is 11.4. The lowest BCUT2D eigenvalue weighted by Crippen LogP contribution is -2.22. The van der Waals surface area contributed by atoms with Crippen LogP contribution in [0.25, 0.3) is 22.4 Å². The van der Waals surface area contributed by atoms with Crippen LogP contribution in [0.1, 0.15) is 5.82 Å². The second kappa shape index (κ2) is 4.64. The lowest BCUT2D eigenvalue weighted by Gasteiger charge is -2.12. The van der Waals surface area contributed by atoms with Gasteiger partial charge in [0.05, 0.1) is 22.9 Å². The van der Waals surface area contributed by atoms with Gasteiger partial charge in [-0.2, -0.15) is 0 Å². The van der Waals surface area contributed by atoms with E-state index in [1.165, 1.54) is 0 Å². The summed E-state index contributed by atoms with van der Waals surface area (Å²) in [7, 11) is 0. The molecule has 1 aromatic carbocycles. The number of hydrogen-bond acceptors (Lipinski definition) is 4. The lowest BCUT2D eigenvalue weighted by molar-refractivity contribution is 0.993. The molecule has 0 amide bonds. The molecule has 7 heteroatoms. The van der Waals surface area contributed by atoms with Crippen molar-refractivity contribution in [1.29, 1.82) is 0 Å². The Morgan fingerprint density at radius 3 is 2.77 bits per heavy atom. The topological polar surface area (TPSA) is 65.1 Å². The molecule has 0 unspecified atom stereocenters. The Hall–Kier alpha value is -2.73. The van der Waals surface area contributed by atoms with Gasteiger partial charge in [-0.1, -0.05) is 11.6 Å². The third-order valence-electron chi connectivity index (χ3n) is 3.54. The van der Waals surface area contributed by atoms with Crippen molar-refractivity contribution in [3.63, 3.8) is 0 Å². The average Bonchev–Trinajstić information content (AvgIpc) is 2.91. The Balaban J connectivity index is 2.30. The lowest BCUT2D eigenvalue weighted by atomic mass is 10.2. The fourth-order valence-corrected chi connectivity index (χ4v) is 2.77. The molecule has 0 N–H and O–H groups in total. The molecular weight excluding hydrogens is 302 g/mol. The summed E-state index contributed by atoms with van der Waals surface area (Å²) in [5, 5.41) is 8.57. The van der Waals surface area contributed by atoms with Gasteiger partial charge in [-0.3, -0.25) is 18.7 Å². The minimum absolute atomic E-state index is 0.261. The van der Waals surface area contributed by atoms with E-state index in [4.69, 9.17) is 11.6 Å². The largest absolute Gasteiger partial charge is 0.301 e. The quantitative estimate of drug-likeness (QED) is 0.541. The van der Waals surface area contributed by atoms with Gasteiger partial charge < -0.3 is 0 Å². The molecule has 6 nitrogen and oxygen atoms in total. The van der Waals surface area contributed by atoms with Gasteiger partial charge in [0.15, 0.2) is 0 Å². The van der Waals surface area contributed by atoms with Crippen molar-refractivity contribution in [1.82, 2.24) is 24.1 Å². The van der Waals surface area contributed by atoms with Gasteiger partial charge in [0.25, 0.3) is 0 Å². The van der Waals surface area contributed by atoms with Crippen LogP contribution in [0.2, 0.25) is 5.02 Å². The van der Waals surface area contributed by atoms with Crippen molar-refractivity contribution in [2.75, 3.05) is 0 Å². The first-order valence-corrected chi connectivity index (χ1v) is 7.01. The SMILES string of the molecule is Cc1nnc2c(=O)n(-c3cccnc3)c3cc(Cl)ccc3n12. The van der Waals surface area contributed by atoms with Crippen LogP contribution in [0, 0.1) is 6.92 Å².